The van der Waals surface area contributed by atoms with Crippen LogP contribution >= 0.6 is 11.6 Å². The monoisotopic (exact) mass is 223 g/mol. The first-order chi connectivity index (χ1) is 7.19. The van der Waals surface area contributed by atoms with Gasteiger partial charge in [0.25, 0.3) is 0 Å². The lowest BCUT2D eigenvalue weighted by Gasteiger charge is -2.08. The van der Waals surface area contributed by atoms with Gasteiger partial charge in [0, 0.05) is 5.02 Å². The number of halogens is 1. The van der Waals surface area contributed by atoms with E-state index in [1.165, 1.54) is 0 Å². The van der Waals surface area contributed by atoms with Crippen molar-refractivity contribution in [1.82, 2.24) is 0 Å². The highest BCUT2D eigenvalue weighted by molar-refractivity contribution is 6.30. The van der Waals surface area contributed by atoms with Gasteiger partial charge in [0.1, 0.15) is 0 Å². The molecule has 0 fully saturated rings. The van der Waals surface area contributed by atoms with Gasteiger partial charge >= 0.3 is 5.97 Å². The fraction of sp³-hybridized carbons (Fsp3) is 0.273. The molecule has 0 radical (unpaired) electrons. The van der Waals surface area contributed by atoms with Crippen molar-refractivity contribution in [2.45, 2.75) is 12.8 Å². The molecule has 0 bridgehead atoms. The van der Waals surface area contributed by atoms with Crippen molar-refractivity contribution < 1.29 is 9.53 Å². The lowest BCUT2D eigenvalue weighted by Crippen LogP contribution is -2.14. The Morgan fingerprint density at radius 3 is 2.93 bits per heavy atom. The smallest absolute Gasteiger partial charge is 0.327 e. The summed E-state index contributed by atoms with van der Waals surface area (Å²) in [6, 6.07) is 8.54. The predicted molar refractivity (Wildman–Crippen MR) is 56.4 cm³/mol. The van der Waals surface area contributed by atoms with Crippen LogP contribution in [0.4, 0.5) is 0 Å². The number of ether oxygens (including phenoxy) is 1. The van der Waals surface area contributed by atoms with Crippen LogP contribution < -0.4 is 0 Å². The first-order valence-corrected chi connectivity index (χ1v) is 4.88. The molecule has 0 unspecified atom stereocenters. The molecule has 4 heteroatoms. The molecule has 15 heavy (non-hydrogen) atoms. The van der Waals surface area contributed by atoms with Crippen LogP contribution in [0.15, 0.2) is 24.3 Å². The summed E-state index contributed by atoms with van der Waals surface area (Å²) in [7, 11) is 0. The number of nitriles is 1. The van der Waals surface area contributed by atoms with Crippen LogP contribution in [0.3, 0.4) is 0 Å². The molecule has 1 aromatic carbocycles. The normalized spacial score (nSPS) is 11.5. The Kier molecular flexibility index (Phi) is 4.14. The summed E-state index contributed by atoms with van der Waals surface area (Å²) in [6.45, 7) is 1.96. The number of benzene rings is 1. The van der Waals surface area contributed by atoms with Gasteiger partial charge in [-0.05, 0) is 24.6 Å². The number of rotatable bonds is 3. The molecule has 78 valence electrons. The molecule has 1 atom stereocenters. The quantitative estimate of drug-likeness (QED) is 0.740. The van der Waals surface area contributed by atoms with E-state index in [9.17, 15) is 4.79 Å². The standard InChI is InChI=1S/C11H10ClNO2/c1-2-15-11(14)10(7-13)8-4-3-5-9(12)6-8/h3-6,10H,2H2,1H3/t10-/m0/s1. The Morgan fingerprint density at radius 2 is 2.40 bits per heavy atom. The molecule has 0 N–H and O–H groups in total. The second kappa shape index (κ2) is 5.38. The van der Waals surface area contributed by atoms with Crippen LogP contribution in [-0.2, 0) is 9.53 Å². The zero-order chi connectivity index (χ0) is 11.3. The summed E-state index contributed by atoms with van der Waals surface area (Å²) in [5, 5.41) is 9.37. The van der Waals surface area contributed by atoms with E-state index in [0.717, 1.165) is 0 Å². The van der Waals surface area contributed by atoms with E-state index in [4.69, 9.17) is 21.6 Å². The number of nitrogens with zero attached hydrogens (tertiary/aromatic N) is 1. The lowest BCUT2D eigenvalue weighted by molar-refractivity contribution is -0.143. The molecule has 1 aromatic rings. The minimum atomic E-state index is -0.899. The molecule has 0 aliphatic heterocycles. The molecule has 0 spiro atoms. The highest BCUT2D eigenvalue weighted by Crippen LogP contribution is 2.20. The van der Waals surface area contributed by atoms with E-state index in [1.807, 2.05) is 6.07 Å². The summed E-state index contributed by atoms with van der Waals surface area (Å²) in [5.41, 5.74) is 0.559. The van der Waals surface area contributed by atoms with Crippen LogP contribution in [0.5, 0.6) is 0 Å². The van der Waals surface area contributed by atoms with Crippen LogP contribution in [0.1, 0.15) is 18.4 Å². The third-order valence-electron chi connectivity index (χ3n) is 1.83. The number of carbonyl (C=O) groups is 1. The molecule has 0 aliphatic rings. The topological polar surface area (TPSA) is 50.1 Å². The molecule has 0 aliphatic carbocycles. The summed E-state index contributed by atoms with van der Waals surface area (Å²) < 4.78 is 4.78. The van der Waals surface area contributed by atoms with E-state index in [1.54, 1.807) is 31.2 Å². The van der Waals surface area contributed by atoms with Gasteiger partial charge in [-0.2, -0.15) is 5.26 Å². The molecule has 1 rings (SSSR count). The Balaban J connectivity index is 2.93. The minimum Gasteiger partial charge on any atom is -0.465 e. The van der Waals surface area contributed by atoms with Crippen molar-refractivity contribution in [3.8, 4) is 6.07 Å². The molecule has 0 saturated carbocycles. The third kappa shape index (κ3) is 2.97. The van der Waals surface area contributed by atoms with Crippen LogP contribution in [-0.4, -0.2) is 12.6 Å². The SMILES string of the molecule is CCOC(=O)[C@@H](C#N)c1cccc(Cl)c1. The van der Waals surface area contributed by atoms with Crippen molar-refractivity contribution in [2.75, 3.05) is 6.61 Å². The fourth-order valence-electron chi connectivity index (χ4n) is 1.18. The average molecular weight is 224 g/mol. The van der Waals surface area contributed by atoms with Crippen LogP contribution in [0.2, 0.25) is 5.02 Å². The molecule has 0 aromatic heterocycles. The molecule has 0 heterocycles. The maximum Gasteiger partial charge on any atom is 0.327 e. The van der Waals surface area contributed by atoms with Gasteiger partial charge in [-0.25, -0.2) is 0 Å². The number of esters is 1. The van der Waals surface area contributed by atoms with Crippen molar-refractivity contribution >= 4 is 17.6 Å². The van der Waals surface area contributed by atoms with Gasteiger partial charge in [0.05, 0.1) is 12.7 Å². The van der Waals surface area contributed by atoms with Crippen LogP contribution in [0, 0.1) is 11.3 Å². The first kappa shape index (κ1) is 11.5. The summed E-state index contributed by atoms with van der Waals surface area (Å²) in [5.74, 6) is -1.44. The van der Waals surface area contributed by atoms with E-state index in [2.05, 4.69) is 0 Å². The van der Waals surface area contributed by atoms with Gasteiger partial charge in [-0.3, -0.25) is 4.79 Å². The lowest BCUT2D eigenvalue weighted by atomic mass is 10.0. The number of hydrogen-bond acceptors (Lipinski definition) is 3. The Morgan fingerprint density at radius 1 is 1.67 bits per heavy atom. The largest absolute Gasteiger partial charge is 0.465 e. The summed E-state index contributed by atoms with van der Waals surface area (Å²) in [4.78, 5) is 11.4. The highest BCUT2D eigenvalue weighted by Gasteiger charge is 2.21. The second-order valence-corrected chi connectivity index (χ2v) is 3.31. The average Bonchev–Trinajstić information content (AvgIpc) is 2.19. The molecule has 0 amide bonds. The highest BCUT2D eigenvalue weighted by atomic mass is 35.5. The third-order valence-corrected chi connectivity index (χ3v) is 2.07. The van der Waals surface area contributed by atoms with Crippen molar-refractivity contribution in [3.63, 3.8) is 0 Å². The molecule has 3 nitrogen and oxygen atoms in total. The zero-order valence-electron chi connectivity index (χ0n) is 8.24. The first-order valence-electron chi connectivity index (χ1n) is 4.50. The number of hydrogen-bond donors (Lipinski definition) is 0. The van der Waals surface area contributed by atoms with Crippen LogP contribution in [0.25, 0.3) is 0 Å². The van der Waals surface area contributed by atoms with Gasteiger partial charge < -0.3 is 4.74 Å². The Labute approximate surface area is 93.2 Å². The van der Waals surface area contributed by atoms with E-state index >= 15 is 0 Å². The molecular weight excluding hydrogens is 214 g/mol. The Hall–Kier alpha value is -1.53. The van der Waals surface area contributed by atoms with Gasteiger partial charge in [-0.1, -0.05) is 23.7 Å². The Bertz CT molecular complexity index is 398. The van der Waals surface area contributed by atoms with E-state index in [-0.39, 0.29) is 6.61 Å². The summed E-state index contributed by atoms with van der Waals surface area (Å²) >= 11 is 5.77. The van der Waals surface area contributed by atoms with E-state index in [0.29, 0.717) is 10.6 Å². The molecular formula is C11H10ClNO2. The van der Waals surface area contributed by atoms with Crippen molar-refractivity contribution in [1.29, 1.82) is 5.26 Å². The number of carbonyl (C=O) groups excluding carboxylic acids is 1. The zero-order valence-corrected chi connectivity index (χ0v) is 8.99. The van der Waals surface area contributed by atoms with Gasteiger partial charge in [-0.15, -0.1) is 0 Å². The van der Waals surface area contributed by atoms with Gasteiger partial charge in [0.2, 0.25) is 0 Å². The van der Waals surface area contributed by atoms with Crippen molar-refractivity contribution in [3.05, 3.63) is 34.9 Å². The predicted octanol–water partition coefficient (Wildman–Crippen LogP) is 2.51. The fourth-order valence-corrected chi connectivity index (χ4v) is 1.37. The second-order valence-electron chi connectivity index (χ2n) is 2.87. The van der Waals surface area contributed by atoms with Gasteiger partial charge in [0.15, 0.2) is 5.92 Å². The molecule has 0 saturated heterocycles. The minimum absolute atomic E-state index is 0.261. The van der Waals surface area contributed by atoms with E-state index < -0.39 is 11.9 Å². The summed E-state index contributed by atoms with van der Waals surface area (Å²) in [6.07, 6.45) is 0. The maximum atomic E-state index is 11.4. The maximum absolute atomic E-state index is 11.4. The van der Waals surface area contributed by atoms with Crippen molar-refractivity contribution in [2.24, 2.45) is 0 Å².